The summed E-state index contributed by atoms with van der Waals surface area (Å²) in [4.78, 5) is 27.4. The van der Waals surface area contributed by atoms with Gasteiger partial charge in [0.1, 0.15) is 5.54 Å². The van der Waals surface area contributed by atoms with Crippen LogP contribution >= 0.6 is 0 Å². The van der Waals surface area contributed by atoms with Gasteiger partial charge in [0, 0.05) is 24.3 Å². The number of Topliss-reactive ketones (excluding diaryl/α,β-unsaturated/α-hetero) is 1. The van der Waals surface area contributed by atoms with Crippen LogP contribution < -0.4 is 5.32 Å². The fourth-order valence-electron chi connectivity index (χ4n) is 3.68. The van der Waals surface area contributed by atoms with Gasteiger partial charge in [-0.05, 0) is 31.9 Å². The zero-order valence-electron chi connectivity index (χ0n) is 15.9. The van der Waals surface area contributed by atoms with Crippen molar-refractivity contribution in [3.8, 4) is 0 Å². The molecule has 5 nitrogen and oxygen atoms in total. The molecule has 1 saturated heterocycles. The molecule has 1 aliphatic rings. The van der Waals surface area contributed by atoms with E-state index in [0.29, 0.717) is 25.9 Å². The Bertz CT molecular complexity index is 769. The van der Waals surface area contributed by atoms with E-state index in [1.807, 2.05) is 67.6 Å². The number of hydrogen-bond acceptors (Lipinski definition) is 5. The molecule has 2 aromatic carbocycles. The van der Waals surface area contributed by atoms with Crippen molar-refractivity contribution >= 4 is 17.4 Å². The van der Waals surface area contributed by atoms with Crippen LogP contribution in [0, 0.1) is 0 Å². The average molecular weight is 366 g/mol. The summed E-state index contributed by atoms with van der Waals surface area (Å²) in [6.07, 6.45) is 1.17. The molecule has 2 aromatic rings. The number of nitrogens with zero attached hydrogens (tertiary/aromatic N) is 1. The summed E-state index contributed by atoms with van der Waals surface area (Å²) in [6, 6.07) is 18.8. The van der Waals surface area contributed by atoms with Gasteiger partial charge < -0.3 is 10.1 Å². The number of para-hydroxylation sites is 1. The third-order valence-electron chi connectivity index (χ3n) is 5.37. The van der Waals surface area contributed by atoms with E-state index < -0.39 is 5.54 Å². The predicted molar refractivity (Wildman–Crippen MR) is 106 cm³/mol. The largest absolute Gasteiger partial charge is 0.467 e. The molecule has 5 heteroatoms. The molecule has 27 heavy (non-hydrogen) atoms. The molecule has 1 fully saturated rings. The monoisotopic (exact) mass is 366 g/mol. The van der Waals surface area contributed by atoms with Gasteiger partial charge in [0.2, 0.25) is 0 Å². The van der Waals surface area contributed by atoms with Crippen LogP contribution in [0.1, 0.15) is 30.1 Å². The molecule has 1 heterocycles. The molecule has 0 aromatic heterocycles. The minimum absolute atomic E-state index is 0.109. The second-order valence-electron chi connectivity index (χ2n) is 7.01. The van der Waals surface area contributed by atoms with Gasteiger partial charge in [0.05, 0.1) is 13.2 Å². The number of methoxy groups -OCH3 is 1. The molecule has 142 valence electrons. The number of piperidine rings is 1. The SMILES string of the molecule is COC(=O)C1(Nc2ccccc2)CCN(C(C)C(=O)c2ccccc2)CC1. The number of rotatable bonds is 6. The highest BCUT2D eigenvalue weighted by Gasteiger charge is 2.43. The lowest BCUT2D eigenvalue weighted by molar-refractivity contribution is -0.147. The first kappa shape index (κ1) is 19.1. The average Bonchev–Trinajstić information content (AvgIpc) is 2.74. The highest BCUT2D eigenvalue weighted by molar-refractivity contribution is 5.99. The second kappa shape index (κ2) is 8.35. The van der Waals surface area contributed by atoms with Crippen molar-refractivity contribution in [2.75, 3.05) is 25.5 Å². The van der Waals surface area contributed by atoms with Gasteiger partial charge in [-0.15, -0.1) is 0 Å². The zero-order chi connectivity index (χ0) is 19.3. The maximum atomic E-state index is 12.7. The summed E-state index contributed by atoms with van der Waals surface area (Å²) in [5.41, 5.74) is 0.851. The van der Waals surface area contributed by atoms with Crippen LogP contribution in [0.25, 0.3) is 0 Å². The Hall–Kier alpha value is -2.66. The van der Waals surface area contributed by atoms with Gasteiger partial charge in [0.15, 0.2) is 5.78 Å². The highest BCUT2D eigenvalue weighted by atomic mass is 16.5. The van der Waals surface area contributed by atoms with Crippen LogP contribution in [-0.4, -0.2) is 48.4 Å². The molecule has 1 N–H and O–H groups in total. The minimum atomic E-state index is -0.762. The third kappa shape index (κ3) is 4.19. The van der Waals surface area contributed by atoms with E-state index in [-0.39, 0.29) is 17.8 Å². The van der Waals surface area contributed by atoms with Crippen molar-refractivity contribution in [1.82, 2.24) is 4.90 Å². The summed E-state index contributed by atoms with van der Waals surface area (Å²) < 4.78 is 5.09. The van der Waals surface area contributed by atoms with Crippen molar-refractivity contribution in [3.05, 3.63) is 66.2 Å². The van der Waals surface area contributed by atoms with Gasteiger partial charge in [-0.25, -0.2) is 4.79 Å². The van der Waals surface area contributed by atoms with E-state index >= 15 is 0 Å². The van der Waals surface area contributed by atoms with Gasteiger partial charge in [-0.1, -0.05) is 48.5 Å². The molecule has 0 aliphatic carbocycles. The normalized spacial score (nSPS) is 17.7. The number of carbonyl (C=O) groups is 2. The van der Waals surface area contributed by atoms with Crippen LogP contribution in [0.4, 0.5) is 5.69 Å². The number of carbonyl (C=O) groups excluding carboxylic acids is 2. The predicted octanol–water partition coefficient (Wildman–Crippen LogP) is 3.38. The Labute approximate surface area is 160 Å². The Balaban J connectivity index is 1.70. The quantitative estimate of drug-likeness (QED) is 0.627. The maximum absolute atomic E-state index is 12.7. The molecular formula is C22H26N2O3. The van der Waals surface area contributed by atoms with Gasteiger partial charge in [0.25, 0.3) is 0 Å². The summed E-state index contributed by atoms with van der Waals surface area (Å²) in [5, 5.41) is 3.38. The van der Waals surface area contributed by atoms with E-state index in [9.17, 15) is 9.59 Å². The topological polar surface area (TPSA) is 58.6 Å². The number of benzene rings is 2. The summed E-state index contributed by atoms with van der Waals surface area (Å²) >= 11 is 0. The summed E-state index contributed by atoms with van der Waals surface area (Å²) in [6.45, 7) is 3.23. The van der Waals surface area contributed by atoms with E-state index in [2.05, 4.69) is 10.2 Å². The molecule has 0 saturated carbocycles. The molecule has 0 amide bonds. The van der Waals surface area contributed by atoms with Crippen LogP contribution in [0.3, 0.4) is 0 Å². The van der Waals surface area contributed by atoms with Crippen LogP contribution in [0.5, 0.6) is 0 Å². The molecule has 0 bridgehead atoms. The lowest BCUT2D eigenvalue weighted by atomic mass is 9.86. The number of esters is 1. The highest BCUT2D eigenvalue weighted by Crippen LogP contribution is 2.29. The summed E-state index contributed by atoms with van der Waals surface area (Å²) in [7, 11) is 1.42. The number of hydrogen-bond donors (Lipinski definition) is 1. The van der Waals surface area contributed by atoms with E-state index in [0.717, 1.165) is 11.3 Å². The Morgan fingerprint density at radius 3 is 2.11 bits per heavy atom. The van der Waals surface area contributed by atoms with Crippen LogP contribution in [0.15, 0.2) is 60.7 Å². The molecule has 0 spiro atoms. The van der Waals surface area contributed by atoms with Crippen molar-refractivity contribution in [2.45, 2.75) is 31.3 Å². The number of ketones is 1. The Morgan fingerprint density at radius 1 is 1.00 bits per heavy atom. The van der Waals surface area contributed by atoms with E-state index in [1.165, 1.54) is 7.11 Å². The molecule has 1 unspecified atom stereocenters. The van der Waals surface area contributed by atoms with E-state index in [1.54, 1.807) is 0 Å². The number of likely N-dealkylation sites (tertiary alicyclic amines) is 1. The second-order valence-corrected chi connectivity index (χ2v) is 7.01. The molecule has 1 atom stereocenters. The maximum Gasteiger partial charge on any atom is 0.331 e. The summed E-state index contributed by atoms with van der Waals surface area (Å²) in [5.74, 6) is -0.148. The molecule has 0 radical (unpaired) electrons. The fraction of sp³-hybridized carbons (Fsp3) is 0.364. The van der Waals surface area contributed by atoms with Crippen LogP contribution in [0.2, 0.25) is 0 Å². The Kier molecular flexibility index (Phi) is 5.91. The third-order valence-corrected chi connectivity index (χ3v) is 5.37. The molecule has 1 aliphatic heterocycles. The van der Waals surface area contributed by atoms with Crippen molar-refractivity contribution in [2.24, 2.45) is 0 Å². The van der Waals surface area contributed by atoms with Gasteiger partial charge >= 0.3 is 5.97 Å². The minimum Gasteiger partial charge on any atom is -0.467 e. The van der Waals surface area contributed by atoms with Crippen molar-refractivity contribution in [3.63, 3.8) is 0 Å². The van der Waals surface area contributed by atoms with Gasteiger partial charge in [-0.2, -0.15) is 0 Å². The van der Waals surface area contributed by atoms with Gasteiger partial charge in [-0.3, -0.25) is 9.69 Å². The Morgan fingerprint density at radius 2 is 1.56 bits per heavy atom. The lowest BCUT2D eigenvalue weighted by Gasteiger charge is -2.42. The smallest absolute Gasteiger partial charge is 0.331 e. The first-order valence-corrected chi connectivity index (χ1v) is 9.31. The van der Waals surface area contributed by atoms with Crippen molar-refractivity contribution in [1.29, 1.82) is 0 Å². The molecular weight excluding hydrogens is 340 g/mol. The van der Waals surface area contributed by atoms with E-state index in [4.69, 9.17) is 4.74 Å². The van der Waals surface area contributed by atoms with Crippen molar-refractivity contribution < 1.29 is 14.3 Å². The number of ether oxygens (including phenoxy) is 1. The standard InChI is InChI=1S/C22H26N2O3/c1-17(20(25)18-9-5-3-6-10-18)24-15-13-22(14-16-24,21(26)27-2)23-19-11-7-4-8-12-19/h3-12,17,23H,13-16H2,1-2H3. The number of anilines is 1. The number of nitrogens with one attached hydrogen (secondary N) is 1. The first-order valence-electron chi connectivity index (χ1n) is 9.31. The van der Waals surface area contributed by atoms with Crippen LogP contribution in [-0.2, 0) is 9.53 Å². The lowest BCUT2D eigenvalue weighted by Crippen LogP contribution is -2.57. The zero-order valence-corrected chi connectivity index (χ0v) is 15.9. The first-order chi connectivity index (χ1) is 13.1. The fourth-order valence-corrected chi connectivity index (χ4v) is 3.68. The molecule has 3 rings (SSSR count).